The van der Waals surface area contributed by atoms with Crippen LogP contribution in [-0.2, 0) is 35.1 Å². The molecular weight excluding hydrogens is 470 g/mol. The lowest BCUT2D eigenvalue weighted by Gasteiger charge is -2.25. The molecule has 1 aromatic rings. The van der Waals surface area contributed by atoms with Crippen molar-refractivity contribution in [1.29, 1.82) is 0 Å². The second-order valence-corrected chi connectivity index (χ2v) is 10.0. The molecule has 3 N–H and O–H groups in total. The minimum absolute atomic E-state index is 0.0804. The predicted octanol–water partition coefficient (Wildman–Crippen LogP) is 1.98. The van der Waals surface area contributed by atoms with E-state index in [0.29, 0.717) is 19.3 Å². The number of amides is 3. The van der Waals surface area contributed by atoms with Crippen molar-refractivity contribution in [3.8, 4) is 0 Å². The summed E-state index contributed by atoms with van der Waals surface area (Å²) < 4.78 is 4.62. The minimum atomic E-state index is -0.888. The van der Waals surface area contributed by atoms with Crippen molar-refractivity contribution in [1.82, 2.24) is 16.0 Å². The van der Waals surface area contributed by atoms with Crippen molar-refractivity contribution in [3.05, 3.63) is 35.9 Å². The van der Waals surface area contributed by atoms with Crippen molar-refractivity contribution < 1.29 is 28.7 Å². The standard InChI is InChI=1S/C25H37N3O6S/c1-16(2)14-19(28-25(33)21(35-17(3)29)12-9-13-22(30)34-5)24(32)27-20(23(31)26-4)15-18-10-7-6-8-11-18/h6-8,10-11,16,19-21H,9,12-15H2,1-5H3,(H,26,31)(H,27,32)(H,28,33)/t19-,20-,21?/m0/s1. The first kappa shape index (κ1) is 30.2. The van der Waals surface area contributed by atoms with Crippen LogP contribution in [0, 0.1) is 5.92 Å². The molecule has 1 aromatic carbocycles. The Morgan fingerprint density at radius 3 is 2.11 bits per heavy atom. The van der Waals surface area contributed by atoms with Gasteiger partial charge in [0.2, 0.25) is 17.7 Å². The van der Waals surface area contributed by atoms with Crippen LogP contribution in [0.1, 0.15) is 52.0 Å². The molecule has 0 spiro atoms. The number of methoxy groups -OCH3 is 1. The number of ether oxygens (including phenoxy) is 1. The molecule has 0 aliphatic rings. The number of rotatable bonds is 14. The summed E-state index contributed by atoms with van der Waals surface area (Å²) in [6.45, 7) is 5.21. The Kier molecular flexibility index (Phi) is 13.7. The highest BCUT2D eigenvalue weighted by Gasteiger charge is 2.30. The molecule has 3 atom stereocenters. The Morgan fingerprint density at radius 1 is 0.943 bits per heavy atom. The average Bonchev–Trinajstić information content (AvgIpc) is 2.81. The zero-order chi connectivity index (χ0) is 26.4. The Morgan fingerprint density at radius 2 is 1.57 bits per heavy atom. The van der Waals surface area contributed by atoms with Crippen molar-refractivity contribution in [2.45, 2.75) is 70.2 Å². The normalized spacial score (nSPS) is 13.3. The molecule has 0 aliphatic heterocycles. The average molecular weight is 508 g/mol. The summed E-state index contributed by atoms with van der Waals surface area (Å²) in [6, 6.07) is 7.61. The van der Waals surface area contributed by atoms with E-state index < -0.39 is 35.1 Å². The first-order chi connectivity index (χ1) is 16.6. The number of carbonyl (C=O) groups excluding carboxylic acids is 5. The van der Waals surface area contributed by atoms with Crippen LogP contribution >= 0.6 is 11.8 Å². The van der Waals surface area contributed by atoms with Gasteiger partial charge in [-0.15, -0.1) is 0 Å². The molecule has 3 amide bonds. The molecule has 1 unspecified atom stereocenters. The summed E-state index contributed by atoms with van der Waals surface area (Å²) in [7, 11) is 2.79. The first-order valence-corrected chi connectivity index (χ1v) is 12.6. The molecule has 0 radical (unpaired) electrons. The topological polar surface area (TPSA) is 131 Å². The highest BCUT2D eigenvalue weighted by Crippen LogP contribution is 2.20. The van der Waals surface area contributed by atoms with E-state index in [1.54, 1.807) is 0 Å². The van der Waals surface area contributed by atoms with Crippen LogP contribution in [0.2, 0.25) is 0 Å². The van der Waals surface area contributed by atoms with Crippen LogP contribution < -0.4 is 16.0 Å². The highest BCUT2D eigenvalue weighted by atomic mass is 32.2. The summed E-state index contributed by atoms with van der Waals surface area (Å²) in [5, 5.41) is 7.11. The van der Waals surface area contributed by atoms with Gasteiger partial charge in [0, 0.05) is 26.8 Å². The molecule has 0 aliphatic carbocycles. The van der Waals surface area contributed by atoms with Gasteiger partial charge in [-0.05, 0) is 30.7 Å². The maximum absolute atomic E-state index is 13.2. The third kappa shape index (κ3) is 11.9. The van der Waals surface area contributed by atoms with Crippen LogP contribution in [0.3, 0.4) is 0 Å². The number of carbonyl (C=O) groups is 5. The molecular formula is C25H37N3O6S. The number of benzene rings is 1. The Hall–Kier alpha value is -2.88. The van der Waals surface area contributed by atoms with E-state index in [4.69, 9.17) is 0 Å². The van der Waals surface area contributed by atoms with Crippen molar-refractivity contribution >= 4 is 40.6 Å². The van der Waals surface area contributed by atoms with Crippen molar-refractivity contribution in [2.75, 3.05) is 14.2 Å². The van der Waals surface area contributed by atoms with E-state index in [-0.39, 0.29) is 29.8 Å². The zero-order valence-electron chi connectivity index (χ0n) is 21.1. The van der Waals surface area contributed by atoms with Gasteiger partial charge >= 0.3 is 5.97 Å². The molecule has 1 rings (SSSR count). The fourth-order valence-electron chi connectivity index (χ4n) is 3.45. The molecule has 35 heavy (non-hydrogen) atoms. The lowest BCUT2D eigenvalue weighted by Crippen LogP contribution is -2.55. The van der Waals surface area contributed by atoms with E-state index >= 15 is 0 Å². The number of nitrogens with one attached hydrogen (secondary N) is 3. The van der Waals surface area contributed by atoms with Crippen molar-refractivity contribution in [2.24, 2.45) is 5.92 Å². The van der Waals surface area contributed by atoms with E-state index in [9.17, 15) is 24.0 Å². The van der Waals surface area contributed by atoms with E-state index in [2.05, 4.69) is 20.7 Å². The number of hydrogen-bond acceptors (Lipinski definition) is 7. The lowest BCUT2D eigenvalue weighted by molar-refractivity contribution is -0.140. The van der Waals surface area contributed by atoms with Crippen LogP contribution in [0.5, 0.6) is 0 Å². The molecule has 0 aromatic heterocycles. The van der Waals surface area contributed by atoms with Crippen LogP contribution in [0.4, 0.5) is 0 Å². The van der Waals surface area contributed by atoms with Crippen molar-refractivity contribution in [3.63, 3.8) is 0 Å². The molecule has 0 heterocycles. The monoisotopic (exact) mass is 507 g/mol. The molecule has 0 fully saturated rings. The van der Waals surface area contributed by atoms with E-state index in [1.807, 2.05) is 44.2 Å². The van der Waals surface area contributed by atoms with Crippen LogP contribution in [0.15, 0.2) is 30.3 Å². The third-order valence-electron chi connectivity index (χ3n) is 5.18. The largest absolute Gasteiger partial charge is 0.469 e. The quantitative estimate of drug-likeness (QED) is 0.328. The van der Waals surface area contributed by atoms with Crippen LogP contribution in [0.25, 0.3) is 0 Å². The second-order valence-electron chi connectivity index (χ2n) is 8.62. The molecule has 0 saturated carbocycles. The fraction of sp³-hybridized carbons (Fsp3) is 0.560. The summed E-state index contributed by atoms with van der Waals surface area (Å²) in [6.07, 6.45) is 1.41. The SMILES string of the molecule is CNC(=O)[C@H](Cc1ccccc1)NC(=O)[C@H](CC(C)C)NC(=O)C(CCCC(=O)OC)SC(C)=O. The van der Waals surface area contributed by atoms with Gasteiger partial charge in [-0.3, -0.25) is 24.0 Å². The third-order valence-corrected chi connectivity index (χ3v) is 6.24. The summed E-state index contributed by atoms with van der Waals surface area (Å²) in [4.78, 5) is 61.8. The van der Waals surface area contributed by atoms with Gasteiger partial charge in [0.15, 0.2) is 5.12 Å². The maximum Gasteiger partial charge on any atom is 0.305 e. The molecule has 0 bridgehead atoms. The fourth-order valence-corrected chi connectivity index (χ4v) is 4.31. The zero-order valence-corrected chi connectivity index (χ0v) is 21.9. The number of thioether (sulfide) groups is 1. The van der Waals surface area contributed by atoms with Gasteiger partial charge < -0.3 is 20.7 Å². The predicted molar refractivity (Wildman–Crippen MR) is 135 cm³/mol. The second kappa shape index (κ2) is 15.9. The number of likely N-dealkylation sites (N-methyl/N-ethyl adjacent to an activating group) is 1. The molecule has 9 nitrogen and oxygen atoms in total. The van der Waals surface area contributed by atoms with Gasteiger partial charge in [0.05, 0.1) is 12.4 Å². The smallest absolute Gasteiger partial charge is 0.305 e. The maximum atomic E-state index is 13.2. The summed E-state index contributed by atoms with van der Waals surface area (Å²) in [5.41, 5.74) is 0.884. The summed E-state index contributed by atoms with van der Waals surface area (Å²) >= 11 is 0.865. The van der Waals surface area contributed by atoms with Gasteiger partial charge in [0.1, 0.15) is 12.1 Å². The Labute approximate surface area is 211 Å². The van der Waals surface area contributed by atoms with E-state index in [1.165, 1.54) is 21.1 Å². The first-order valence-electron chi connectivity index (χ1n) is 11.7. The minimum Gasteiger partial charge on any atom is -0.469 e. The summed E-state index contributed by atoms with van der Waals surface area (Å²) in [5.74, 6) is -1.60. The molecule has 0 saturated heterocycles. The van der Waals surface area contributed by atoms with Crippen LogP contribution in [-0.4, -0.2) is 60.3 Å². The number of esters is 1. The number of hydrogen-bond donors (Lipinski definition) is 3. The highest BCUT2D eigenvalue weighted by molar-refractivity contribution is 8.14. The molecule has 10 heteroatoms. The van der Waals surface area contributed by atoms with Gasteiger partial charge in [-0.2, -0.15) is 0 Å². The van der Waals surface area contributed by atoms with Gasteiger partial charge in [-0.25, -0.2) is 0 Å². The Bertz CT molecular complexity index is 862. The Balaban J connectivity index is 2.96. The molecule has 194 valence electrons. The van der Waals surface area contributed by atoms with Gasteiger partial charge in [0.25, 0.3) is 0 Å². The lowest BCUT2D eigenvalue weighted by atomic mass is 10.0. The van der Waals surface area contributed by atoms with E-state index in [0.717, 1.165) is 17.3 Å². The van der Waals surface area contributed by atoms with Gasteiger partial charge in [-0.1, -0.05) is 55.9 Å².